The zero-order chi connectivity index (χ0) is 16.9. The van der Waals surface area contributed by atoms with E-state index in [1.807, 2.05) is 60.7 Å². The van der Waals surface area contributed by atoms with E-state index >= 15 is 0 Å². The summed E-state index contributed by atoms with van der Waals surface area (Å²) < 4.78 is 16.7. The van der Waals surface area contributed by atoms with Gasteiger partial charge >= 0.3 is 0 Å². The maximum Gasteiger partial charge on any atom is 0.266 e. The van der Waals surface area contributed by atoms with Crippen molar-refractivity contribution >= 4 is 5.91 Å². The summed E-state index contributed by atoms with van der Waals surface area (Å²) >= 11 is 0. The number of carbonyl (C=O) groups excluding carboxylic acids is 1. The molecule has 5 heteroatoms. The third kappa shape index (κ3) is 3.27. The first-order valence-corrected chi connectivity index (χ1v) is 7.86. The fourth-order valence-electron chi connectivity index (χ4n) is 2.93. The van der Waals surface area contributed by atoms with E-state index < -0.39 is 12.4 Å². The molecule has 1 aliphatic rings. The Kier molecular flexibility index (Phi) is 5.13. The Morgan fingerprint density at radius 3 is 2.12 bits per heavy atom. The highest BCUT2D eigenvalue weighted by Gasteiger charge is 2.53. The van der Waals surface area contributed by atoms with Crippen LogP contribution in [0.2, 0.25) is 0 Å². The van der Waals surface area contributed by atoms with Gasteiger partial charge in [0, 0.05) is 20.8 Å². The predicted octanol–water partition coefficient (Wildman–Crippen LogP) is 2.46. The van der Waals surface area contributed by atoms with Gasteiger partial charge in [0.1, 0.15) is 11.8 Å². The number of amides is 1. The second-order valence-electron chi connectivity index (χ2n) is 5.63. The molecule has 1 amide bonds. The minimum Gasteiger partial charge on any atom is -0.478 e. The van der Waals surface area contributed by atoms with Crippen LogP contribution in [-0.4, -0.2) is 43.5 Å². The second kappa shape index (κ2) is 7.47. The highest BCUT2D eigenvalue weighted by molar-refractivity contribution is 5.89. The van der Waals surface area contributed by atoms with Crippen LogP contribution in [-0.2, 0) is 20.8 Å². The smallest absolute Gasteiger partial charge is 0.266 e. The summed E-state index contributed by atoms with van der Waals surface area (Å²) in [6, 6.07) is 18.9. The molecule has 1 heterocycles. The minimum absolute atomic E-state index is 0.0631. The second-order valence-corrected chi connectivity index (χ2v) is 5.63. The molecule has 0 aromatic heterocycles. The van der Waals surface area contributed by atoms with Crippen molar-refractivity contribution in [3.63, 3.8) is 0 Å². The number of benzene rings is 2. The van der Waals surface area contributed by atoms with Crippen LogP contribution in [0.3, 0.4) is 0 Å². The molecule has 126 valence electrons. The molecule has 1 aliphatic heterocycles. The Labute approximate surface area is 141 Å². The van der Waals surface area contributed by atoms with Gasteiger partial charge in [0.05, 0.1) is 0 Å². The Morgan fingerprint density at radius 2 is 1.54 bits per heavy atom. The Morgan fingerprint density at radius 1 is 0.958 bits per heavy atom. The lowest BCUT2D eigenvalue weighted by Crippen LogP contribution is -2.71. The quantitative estimate of drug-likeness (QED) is 0.579. The number of likely N-dealkylation sites (tertiary alicyclic amines) is 1. The first-order valence-electron chi connectivity index (χ1n) is 7.86. The van der Waals surface area contributed by atoms with Gasteiger partial charge in [-0.15, -0.1) is 0 Å². The lowest BCUT2D eigenvalue weighted by Gasteiger charge is -2.48. The number of para-hydroxylation sites is 1. The first kappa shape index (κ1) is 16.5. The fourth-order valence-corrected chi connectivity index (χ4v) is 2.93. The molecule has 1 fully saturated rings. The number of ether oxygens (including phenoxy) is 3. The Bertz CT molecular complexity index is 606. The summed E-state index contributed by atoms with van der Waals surface area (Å²) in [5.74, 6) is 0.595. The fraction of sp³-hybridized carbons (Fsp3) is 0.316. The van der Waals surface area contributed by atoms with E-state index in [2.05, 4.69) is 0 Å². The summed E-state index contributed by atoms with van der Waals surface area (Å²) in [4.78, 5) is 14.3. The molecular formula is C19H21NO4. The van der Waals surface area contributed by atoms with Crippen LogP contribution >= 0.6 is 0 Å². The van der Waals surface area contributed by atoms with E-state index in [9.17, 15) is 4.79 Å². The van der Waals surface area contributed by atoms with Gasteiger partial charge < -0.3 is 19.1 Å². The molecule has 2 aromatic rings. The molecule has 2 aromatic carbocycles. The topological polar surface area (TPSA) is 48.0 Å². The van der Waals surface area contributed by atoms with E-state index in [0.29, 0.717) is 12.3 Å². The molecular weight excluding hydrogens is 306 g/mol. The Balaban J connectivity index is 1.78. The molecule has 0 spiro atoms. The van der Waals surface area contributed by atoms with Crippen LogP contribution in [0.15, 0.2) is 60.7 Å². The molecule has 24 heavy (non-hydrogen) atoms. The van der Waals surface area contributed by atoms with Crippen LogP contribution in [0.5, 0.6) is 5.75 Å². The van der Waals surface area contributed by atoms with Gasteiger partial charge in [-0.2, -0.15) is 0 Å². The highest BCUT2D eigenvalue weighted by Crippen LogP contribution is 2.30. The molecule has 0 saturated carbocycles. The summed E-state index contributed by atoms with van der Waals surface area (Å²) in [6.07, 6.45) is -1.15. The maximum absolute atomic E-state index is 12.6. The van der Waals surface area contributed by atoms with Crippen molar-refractivity contribution in [3.8, 4) is 5.75 Å². The molecule has 5 nitrogen and oxygen atoms in total. The van der Waals surface area contributed by atoms with Crippen LogP contribution in [0.1, 0.15) is 5.56 Å². The molecule has 0 unspecified atom stereocenters. The number of methoxy groups -OCH3 is 2. The molecule has 0 radical (unpaired) electrons. The summed E-state index contributed by atoms with van der Waals surface area (Å²) in [7, 11) is 3.13. The van der Waals surface area contributed by atoms with Crippen molar-refractivity contribution < 1.29 is 19.0 Å². The van der Waals surface area contributed by atoms with E-state index in [-0.39, 0.29) is 11.9 Å². The average molecular weight is 327 g/mol. The van der Waals surface area contributed by atoms with Crippen molar-refractivity contribution in [3.05, 3.63) is 66.2 Å². The average Bonchev–Trinajstić information content (AvgIpc) is 2.65. The maximum atomic E-state index is 12.6. The number of hydrogen-bond acceptors (Lipinski definition) is 4. The van der Waals surface area contributed by atoms with Crippen LogP contribution in [0.4, 0.5) is 0 Å². The minimum atomic E-state index is -0.610. The van der Waals surface area contributed by atoms with Crippen LogP contribution < -0.4 is 4.74 Å². The zero-order valence-corrected chi connectivity index (χ0v) is 13.8. The molecule has 3 rings (SSSR count). The lowest BCUT2D eigenvalue weighted by molar-refractivity contribution is -0.212. The van der Waals surface area contributed by atoms with E-state index in [1.54, 1.807) is 19.1 Å². The zero-order valence-electron chi connectivity index (χ0n) is 13.8. The lowest BCUT2D eigenvalue weighted by atomic mass is 9.95. The van der Waals surface area contributed by atoms with Crippen molar-refractivity contribution in [1.82, 2.24) is 4.90 Å². The SMILES string of the molecule is COC(OC)[C@@H]1[C@H](Oc2ccccc2)C(=O)N1Cc1ccccc1. The van der Waals surface area contributed by atoms with Crippen LogP contribution in [0.25, 0.3) is 0 Å². The first-order chi connectivity index (χ1) is 11.7. The highest BCUT2D eigenvalue weighted by atomic mass is 16.7. The van der Waals surface area contributed by atoms with Gasteiger partial charge in [-0.05, 0) is 17.7 Å². The van der Waals surface area contributed by atoms with Gasteiger partial charge in [-0.3, -0.25) is 4.79 Å². The summed E-state index contributed by atoms with van der Waals surface area (Å²) in [5.41, 5.74) is 1.06. The third-order valence-corrected chi connectivity index (χ3v) is 4.14. The number of rotatable bonds is 7. The molecule has 0 aliphatic carbocycles. The third-order valence-electron chi connectivity index (χ3n) is 4.14. The number of nitrogens with zero attached hydrogens (tertiary/aromatic N) is 1. The summed E-state index contributed by atoms with van der Waals surface area (Å²) in [5, 5.41) is 0. The van der Waals surface area contributed by atoms with E-state index in [1.165, 1.54) is 0 Å². The van der Waals surface area contributed by atoms with E-state index in [4.69, 9.17) is 14.2 Å². The molecule has 0 N–H and O–H groups in total. The number of carbonyl (C=O) groups is 1. The van der Waals surface area contributed by atoms with Crippen molar-refractivity contribution in [2.24, 2.45) is 0 Å². The molecule has 0 bridgehead atoms. The normalized spacial score (nSPS) is 20.1. The van der Waals surface area contributed by atoms with Crippen molar-refractivity contribution in [1.29, 1.82) is 0 Å². The largest absolute Gasteiger partial charge is 0.478 e. The Hall–Kier alpha value is -2.37. The van der Waals surface area contributed by atoms with Crippen molar-refractivity contribution in [2.45, 2.75) is 25.0 Å². The van der Waals surface area contributed by atoms with Gasteiger partial charge in [-0.1, -0.05) is 48.5 Å². The van der Waals surface area contributed by atoms with Crippen molar-refractivity contribution in [2.75, 3.05) is 14.2 Å². The number of β-lactam (4-membered cyclic amide) rings is 1. The van der Waals surface area contributed by atoms with Gasteiger partial charge in [-0.25, -0.2) is 0 Å². The van der Waals surface area contributed by atoms with Gasteiger partial charge in [0.2, 0.25) is 6.10 Å². The number of hydrogen-bond donors (Lipinski definition) is 0. The van der Waals surface area contributed by atoms with Crippen LogP contribution in [0, 0.1) is 0 Å². The molecule has 2 atom stereocenters. The molecule has 1 saturated heterocycles. The monoisotopic (exact) mass is 327 g/mol. The summed E-state index contributed by atoms with van der Waals surface area (Å²) in [6.45, 7) is 0.502. The van der Waals surface area contributed by atoms with Gasteiger partial charge in [0.25, 0.3) is 5.91 Å². The van der Waals surface area contributed by atoms with E-state index in [0.717, 1.165) is 5.56 Å². The predicted molar refractivity (Wildman–Crippen MR) is 89.4 cm³/mol. The van der Waals surface area contributed by atoms with Gasteiger partial charge in [0.15, 0.2) is 6.29 Å². The standard InChI is InChI=1S/C19H21NO4/c1-22-19(23-2)16-17(24-15-11-7-4-8-12-15)18(21)20(16)13-14-9-5-3-6-10-14/h3-12,16-17,19H,13H2,1-2H3/t16-,17-/m0/s1.